The van der Waals surface area contributed by atoms with Gasteiger partial charge in [-0.15, -0.1) is 0 Å². The molecule has 0 spiro atoms. The molecule has 0 saturated heterocycles. The predicted octanol–water partition coefficient (Wildman–Crippen LogP) is 4.01. The fourth-order valence-corrected chi connectivity index (χ4v) is 2.09. The number of benzene rings is 1. The molecule has 0 aliphatic carbocycles. The Morgan fingerprint density at radius 2 is 1.94 bits per heavy atom. The van der Waals surface area contributed by atoms with Crippen molar-refractivity contribution in [3.05, 3.63) is 52.8 Å². The van der Waals surface area contributed by atoms with Crippen LogP contribution in [0.25, 0.3) is 16.9 Å². The summed E-state index contributed by atoms with van der Waals surface area (Å²) in [6.45, 7) is 0. The van der Waals surface area contributed by atoms with Crippen LogP contribution in [0.5, 0.6) is 5.75 Å². The topological polar surface area (TPSA) is 37.5 Å². The molecule has 0 saturated carbocycles. The van der Waals surface area contributed by atoms with Gasteiger partial charge in [0, 0.05) is 18.0 Å². The summed E-state index contributed by atoms with van der Waals surface area (Å²) in [7, 11) is 0. The summed E-state index contributed by atoms with van der Waals surface area (Å²) in [5.74, 6) is 0.142. The van der Waals surface area contributed by atoms with Crippen LogP contribution in [-0.2, 0) is 0 Å². The second kappa shape index (κ2) is 4.19. The molecule has 3 rings (SSSR count). The molecule has 0 unspecified atom stereocenters. The lowest BCUT2D eigenvalue weighted by atomic mass is 10.2. The first kappa shape index (κ1) is 11.4. The fourth-order valence-electron chi connectivity index (χ4n) is 1.79. The van der Waals surface area contributed by atoms with E-state index < -0.39 is 0 Å². The number of fused-ring (bicyclic) bond motifs is 1. The van der Waals surface area contributed by atoms with Gasteiger partial charge < -0.3 is 9.51 Å². The summed E-state index contributed by atoms with van der Waals surface area (Å²) in [5.41, 5.74) is 2.10. The zero-order valence-corrected chi connectivity index (χ0v) is 10.7. The minimum atomic E-state index is 0.142. The lowest BCUT2D eigenvalue weighted by Crippen LogP contribution is -1.80. The number of imidazole rings is 1. The number of aromatic hydroxyl groups is 1. The summed E-state index contributed by atoms with van der Waals surface area (Å²) in [6.07, 6.45) is 3.65. The van der Waals surface area contributed by atoms with Crippen LogP contribution in [0.4, 0.5) is 0 Å². The van der Waals surface area contributed by atoms with E-state index in [4.69, 9.17) is 23.2 Å². The molecular weight excluding hydrogens is 271 g/mol. The number of rotatable bonds is 1. The number of hydrogen-bond acceptors (Lipinski definition) is 2. The highest BCUT2D eigenvalue weighted by atomic mass is 35.5. The maximum absolute atomic E-state index is 9.70. The van der Waals surface area contributed by atoms with Gasteiger partial charge in [-0.3, -0.25) is 0 Å². The first-order chi connectivity index (χ1) is 8.65. The Morgan fingerprint density at radius 1 is 1.11 bits per heavy atom. The lowest BCUT2D eigenvalue weighted by molar-refractivity contribution is 0.477. The summed E-state index contributed by atoms with van der Waals surface area (Å²) < 4.78 is 1.76. The molecule has 0 radical (unpaired) electrons. The van der Waals surface area contributed by atoms with Crippen molar-refractivity contribution in [2.45, 2.75) is 0 Å². The standard InChI is InChI=1S/C13H8Cl2N2O/c14-9-4-3-8(6-10(9)15)11-7-17-5-1-2-12(18)13(17)16-11/h1-7,18H. The quantitative estimate of drug-likeness (QED) is 0.730. The van der Waals surface area contributed by atoms with Crippen molar-refractivity contribution >= 4 is 28.8 Å². The number of halogens is 2. The SMILES string of the molecule is Oc1cccn2cc(-c3ccc(Cl)c(Cl)c3)nc12. The fraction of sp³-hybridized carbons (Fsp3) is 0. The van der Waals surface area contributed by atoms with Crippen molar-refractivity contribution in [2.75, 3.05) is 0 Å². The van der Waals surface area contributed by atoms with Crippen LogP contribution in [0.1, 0.15) is 0 Å². The Hall–Kier alpha value is -1.71. The maximum Gasteiger partial charge on any atom is 0.180 e. The van der Waals surface area contributed by atoms with E-state index >= 15 is 0 Å². The lowest BCUT2D eigenvalue weighted by Gasteiger charge is -1.98. The Balaban J connectivity index is 2.19. The van der Waals surface area contributed by atoms with E-state index in [1.165, 1.54) is 0 Å². The summed E-state index contributed by atoms with van der Waals surface area (Å²) in [4.78, 5) is 4.36. The van der Waals surface area contributed by atoms with Crippen LogP contribution >= 0.6 is 23.2 Å². The number of hydrogen-bond donors (Lipinski definition) is 1. The van der Waals surface area contributed by atoms with Gasteiger partial charge in [0.1, 0.15) is 0 Å². The summed E-state index contributed by atoms with van der Waals surface area (Å²) >= 11 is 11.9. The van der Waals surface area contributed by atoms with Gasteiger partial charge in [0.05, 0.1) is 15.7 Å². The average molecular weight is 279 g/mol. The molecule has 0 amide bonds. The van der Waals surface area contributed by atoms with Gasteiger partial charge in [-0.25, -0.2) is 4.98 Å². The van der Waals surface area contributed by atoms with Crippen molar-refractivity contribution in [3.63, 3.8) is 0 Å². The highest BCUT2D eigenvalue weighted by Crippen LogP contribution is 2.29. The molecule has 18 heavy (non-hydrogen) atoms. The molecule has 90 valence electrons. The molecule has 1 aromatic carbocycles. The minimum Gasteiger partial charge on any atom is -0.504 e. The third-order valence-corrected chi connectivity index (χ3v) is 3.42. The van der Waals surface area contributed by atoms with Crippen molar-refractivity contribution in [2.24, 2.45) is 0 Å². The van der Waals surface area contributed by atoms with E-state index in [1.54, 1.807) is 28.7 Å². The van der Waals surface area contributed by atoms with E-state index in [0.29, 0.717) is 15.7 Å². The summed E-state index contributed by atoms with van der Waals surface area (Å²) in [6, 6.07) is 8.67. The van der Waals surface area contributed by atoms with E-state index in [1.807, 2.05) is 18.5 Å². The van der Waals surface area contributed by atoms with Gasteiger partial charge in [0.2, 0.25) is 0 Å². The zero-order chi connectivity index (χ0) is 12.7. The van der Waals surface area contributed by atoms with Crippen LogP contribution < -0.4 is 0 Å². The van der Waals surface area contributed by atoms with Crippen LogP contribution in [-0.4, -0.2) is 14.5 Å². The van der Waals surface area contributed by atoms with Gasteiger partial charge in [0.15, 0.2) is 11.4 Å². The number of pyridine rings is 1. The third-order valence-electron chi connectivity index (χ3n) is 2.68. The van der Waals surface area contributed by atoms with E-state index in [2.05, 4.69) is 4.98 Å². The van der Waals surface area contributed by atoms with E-state index in [-0.39, 0.29) is 5.75 Å². The molecule has 1 N–H and O–H groups in total. The van der Waals surface area contributed by atoms with Crippen LogP contribution in [0.3, 0.4) is 0 Å². The molecule has 3 nitrogen and oxygen atoms in total. The highest BCUT2D eigenvalue weighted by molar-refractivity contribution is 6.42. The summed E-state index contributed by atoms with van der Waals surface area (Å²) in [5, 5.41) is 10.7. The second-order valence-corrected chi connectivity index (χ2v) is 4.69. The molecule has 5 heteroatoms. The van der Waals surface area contributed by atoms with Gasteiger partial charge in [-0.1, -0.05) is 29.3 Å². The monoisotopic (exact) mass is 278 g/mol. The zero-order valence-electron chi connectivity index (χ0n) is 9.14. The normalized spacial score (nSPS) is 11.0. The molecule has 3 aromatic rings. The molecule has 0 bridgehead atoms. The van der Waals surface area contributed by atoms with Crippen molar-refractivity contribution in [1.29, 1.82) is 0 Å². The highest BCUT2D eigenvalue weighted by Gasteiger charge is 2.08. The third kappa shape index (κ3) is 1.82. The largest absolute Gasteiger partial charge is 0.504 e. The maximum atomic E-state index is 9.70. The molecule has 2 heterocycles. The molecule has 2 aromatic heterocycles. The molecular formula is C13H8Cl2N2O. The van der Waals surface area contributed by atoms with Crippen LogP contribution in [0.15, 0.2) is 42.7 Å². The van der Waals surface area contributed by atoms with Crippen molar-refractivity contribution in [3.8, 4) is 17.0 Å². The van der Waals surface area contributed by atoms with Gasteiger partial charge in [0.25, 0.3) is 0 Å². The Labute approximate surface area is 113 Å². The van der Waals surface area contributed by atoms with Gasteiger partial charge in [-0.2, -0.15) is 0 Å². The average Bonchev–Trinajstić information content (AvgIpc) is 2.78. The van der Waals surface area contributed by atoms with E-state index in [0.717, 1.165) is 11.3 Å². The van der Waals surface area contributed by atoms with E-state index in [9.17, 15) is 5.11 Å². The predicted molar refractivity (Wildman–Crippen MR) is 72.3 cm³/mol. The first-order valence-electron chi connectivity index (χ1n) is 5.27. The Bertz CT molecular complexity index is 737. The first-order valence-corrected chi connectivity index (χ1v) is 6.03. The van der Waals surface area contributed by atoms with Gasteiger partial charge >= 0.3 is 0 Å². The number of aromatic nitrogens is 2. The second-order valence-electron chi connectivity index (χ2n) is 3.88. The van der Waals surface area contributed by atoms with Crippen LogP contribution in [0.2, 0.25) is 10.0 Å². The van der Waals surface area contributed by atoms with Gasteiger partial charge in [-0.05, 0) is 24.3 Å². The molecule has 0 atom stereocenters. The molecule has 0 aliphatic heterocycles. The Morgan fingerprint density at radius 3 is 2.67 bits per heavy atom. The van der Waals surface area contributed by atoms with Crippen molar-refractivity contribution < 1.29 is 5.11 Å². The van der Waals surface area contributed by atoms with Crippen LogP contribution in [0, 0.1) is 0 Å². The van der Waals surface area contributed by atoms with Crippen molar-refractivity contribution in [1.82, 2.24) is 9.38 Å². The number of nitrogens with zero attached hydrogens (tertiary/aromatic N) is 2. The Kier molecular flexibility index (Phi) is 2.65. The molecule has 0 fully saturated rings. The minimum absolute atomic E-state index is 0.142. The molecule has 0 aliphatic rings. The smallest absolute Gasteiger partial charge is 0.180 e.